The van der Waals surface area contributed by atoms with Crippen molar-refractivity contribution in [1.82, 2.24) is 0 Å². The molecule has 0 saturated carbocycles. The van der Waals surface area contributed by atoms with Gasteiger partial charge in [-0.2, -0.15) is 0 Å². The third kappa shape index (κ3) is 7.98. The predicted octanol–water partition coefficient (Wildman–Crippen LogP) is 1.20. The molecular formula is C9H20O3. The molecular weight excluding hydrogens is 156 g/mol. The van der Waals surface area contributed by atoms with Gasteiger partial charge in [0, 0.05) is 19.8 Å². The van der Waals surface area contributed by atoms with E-state index in [1.165, 1.54) is 12.8 Å². The van der Waals surface area contributed by atoms with Crippen molar-refractivity contribution in [3.05, 3.63) is 0 Å². The fraction of sp³-hybridized carbons (Fsp3) is 1.00. The number of aliphatic hydroxyl groups is 1. The molecule has 0 bridgehead atoms. The molecule has 1 unspecified atom stereocenters. The van der Waals surface area contributed by atoms with Crippen LogP contribution in [-0.2, 0) is 9.47 Å². The van der Waals surface area contributed by atoms with Crippen molar-refractivity contribution >= 4 is 0 Å². The van der Waals surface area contributed by atoms with Gasteiger partial charge in [-0.3, -0.25) is 0 Å². The average Bonchev–Trinajstić information content (AvgIpc) is 2.39. The maximum Gasteiger partial charge on any atom is 0.0809 e. The topological polar surface area (TPSA) is 38.7 Å². The van der Waals surface area contributed by atoms with Crippen LogP contribution in [0.2, 0.25) is 0 Å². The highest BCUT2D eigenvalue weighted by Gasteiger charge is 2.13. The van der Waals surface area contributed by atoms with E-state index in [1.807, 2.05) is 0 Å². The summed E-state index contributed by atoms with van der Waals surface area (Å²) in [6.07, 6.45) is 2.60. The number of rotatable bonds is 2. The fourth-order valence-electron chi connectivity index (χ4n) is 0.962. The minimum atomic E-state index is -0.167. The molecule has 1 fully saturated rings. The Morgan fingerprint density at radius 3 is 2.50 bits per heavy atom. The molecule has 0 aromatic carbocycles. The standard InChI is InChI=1S/C6H12O2.C3H8O/c1-7-5-6-3-2-4-8-6;1-3(2)4/h6H,2-5H2,1H3;3-4H,1-2H3. The van der Waals surface area contributed by atoms with Crippen LogP contribution in [0.1, 0.15) is 26.7 Å². The summed E-state index contributed by atoms with van der Waals surface area (Å²) in [4.78, 5) is 0. The molecule has 12 heavy (non-hydrogen) atoms. The van der Waals surface area contributed by atoms with Gasteiger partial charge in [0.2, 0.25) is 0 Å². The molecule has 1 aliphatic rings. The second-order valence-electron chi connectivity index (χ2n) is 3.18. The van der Waals surface area contributed by atoms with Crippen LogP contribution in [0.3, 0.4) is 0 Å². The molecule has 1 N–H and O–H groups in total. The van der Waals surface area contributed by atoms with E-state index in [4.69, 9.17) is 14.6 Å². The van der Waals surface area contributed by atoms with Gasteiger partial charge in [0.1, 0.15) is 0 Å². The first-order valence-electron chi connectivity index (χ1n) is 4.45. The lowest BCUT2D eigenvalue weighted by molar-refractivity contribution is 0.0380. The maximum atomic E-state index is 8.06. The second kappa shape index (κ2) is 7.53. The van der Waals surface area contributed by atoms with E-state index in [0.717, 1.165) is 13.2 Å². The van der Waals surface area contributed by atoms with Crippen LogP contribution in [0.15, 0.2) is 0 Å². The lowest BCUT2D eigenvalue weighted by Gasteiger charge is -2.05. The number of ether oxygens (including phenoxy) is 2. The van der Waals surface area contributed by atoms with E-state index in [9.17, 15) is 0 Å². The molecule has 0 spiro atoms. The highest BCUT2D eigenvalue weighted by molar-refractivity contribution is 4.62. The van der Waals surface area contributed by atoms with Crippen molar-refractivity contribution < 1.29 is 14.6 Å². The van der Waals surface area contributed by atoms with Gasteiger partial charge in [-0.25, -0.2) is 0 Å². The predicted molar refractivity (Wildman–Crippen MR) is 48.2 cm³/mol. The number of methoxy groups -OCH3 is 1. The first-order valence-corrected chi connectivity index (χ1v) is 4.45. The summed E-state index contributed by atoms with van der Waals surface area (Å²) in [5, 5.41) is 8.06. The van der Waals surface area contributed by atoms with Crippen molar-refractivity contribution in [3.63, 3.8) is 0 Å². The highest BCUT2D eigenvalue weighted by Crippen LogP contribution is 2.10. The van der Waals surface area contributed by atoms with Gasteiger partial charge >= 0.3 is 0 Å². The molecule has 74 valence electrons. The van der Waals surface area contributed by atoms with E-state index < -0.39 is 0 Å². The summed E-state index contributed by atoms with van der Waals surface area (Å²) in [6, 6.07) is 0. The number of hydrogen-bond acceptors (Lipinski definition) is 3. The monoisotopic (exact) mass is 176 g/mol. The van der Waals surface area contributed by atoms with Crippen LogP contribution in [0.4, 0.5) is 0 Å². The Hall–Kier alpha value is -0.120. The molecule has 0 aromatic rings. The van der Waals surface area contributed by atoms with Crippen molar-refractivity contribution in [3.8, 4) is 0 Å². The lowest BCUT2D eigenvalue weighted by Crippen LogP contribution is -2.11. The fourth-order valence-corrected chi connectivity index (χ4v) is 0.962. The van der Waals surface area contributed by atoms with Crippen LogP contribution >= 0.6 is 0 Å². The van der Waals surface area contributed by atoms with Gasteiger partial charge in [0.25, 0.3) is 0 Å². The minimum Gasteiger partial charge on any atom is -0.394 e. The molecule has 1 rings (SSSR count). The Morgan fingerprint density at radius 2 is 2.17 bits per heavy atom. The van der Waals surface area contributed by atoms with Crippen LogP contribution in [-0.4, -0.2) is 37.6 Å². The average molecular weight is 176 g/mol. The van der Waals surface area contributed by atoms with Gasteiger partial charge < -0.3 is 14.6 Å². The highest BCUT2D eigenvalue weighted by atomic mass is 16.5. The molecule has 0 amide bonds. The molecule has 1 saturated heterocycles. The van der Waals surface area contributed by atoms with Crippen LogP contribution in [0.5, 0.6) is 0 Å². The smallest absolute Gasteiger partial charge is 0.0809 e. The molecule has 1 heterocycles. The SMILES string of the molecule is CC(C)O.COCC1CCCO1. The van der Waals surface area contributed by atoms with Gasteiger partial charge in [0.15, 0.2) is 0 Å². The van der Waals surface area contributed by atoms with Gasteiger partial charge in [-0.1, -0.05) is 0 Å². The van der Waals surface area contributed by atoms with Crippen molar-refractivity contribution in [2.75, 3.05) is 20.3 Å². The van der Waals surface area contributed by atoms with Crippen molar-refractivity contribution in [1.29, 1.82) is 0 Å². The number of aliphatic hydroxyl groups excluding tert-OH is 1. The van der Waals surface area contributed by atoms with E-state index in [1.54, 1.807) is 21.0 Å². The zero-order valence-corrected chi connectivity index (χ0v) is 8.25. The summed E-state index contributed by atoms with van der Waals surface area (Å²) in [7, 11) is 1.71. The normalized spacial score (nSPS) is 22.2. The molecule has 1 atom stereocenters. The third-order valence-electron chi connectivity index (χ3n) is 1.38. The Bertz CT molecular complexity index is 85.0. The van der Waals surface area contributed by atoms with Gasteiger partial charge in [0.05, 0.1) is 12.7 Å². The van der Waals surface area contributed by atoms with E-state index >= 15 is 0 Å². The van der Waals surface area contributed by atoms with Gasteiger partial charge in [-0.05, 0) is 26.7 Å². The minimum absolute atomic E-state index is 0.167. The van der Waals surface area contributed by atoms with Crippen molar-refractivity contribution in [2.45, 2.75) is 38.9 Å². The molecule has 0 aliphatic carbocycles. The maximum absolute atomic E-state index is 8.06. The Kier molecular flexibility index (Phi) is 7.45. The molecule has 3 nitrogen and oxygen atoms in total. The molecule has 0 aromatic heterocycles. The summed E-state index contributed by atoms with van der Waals surface area (Å²) < 4.78 is 10.2. The van der Waals surface area contributed by atoms with Crippen LogP contribution < -0.4 is 0 Å². The third-order valence-corrected chi connectivity index (χ3v) is 1.38. The first-order chi connectivity index (χ1) is 5.66. The summed E-state index contributed by atoms with van der Waals surface area (Å²) in [5.41, 5.74) is 0. The Morgan fingerprint density at radius 1 is 1.58 bits per heavy atom. The second-order valence-corrected chi connectivity index (χ2v) is 3.18. The summed E-state index contributed by atoms with van der Waals surface area (Å²) in [5.74, 6) is 0. The van der Waals surface area contributed by atoms with E-state index in [0.29, 0.717) is 6.10 Å². The summed E-state index contributed by atoms with van der Waals surface area (Å²) in [6.45, 7) is 5.13. The van der Waals surface area contributed by atoms with Crippen LogP contribution in [0.25, 0.3) is 0 Å². The lowest BCUT2D eigenvalue weighted by atomic mass is 10.2. The Balaban J connectivity index is 0.000000261. The van der Waals surface area contributed by atoms with Crippen molar-refractivity contribution in [2.24, 2.45) is 0 Å². The Labute approximate surface area is 74.7 Å². The van der Waals surface area contributed by atoms with E-state index in [-0.39, 0.29) is 6.10 Å². The van der Waals surface area contributed by atoms with Crippen LogP contribution in [0, 0.1) is 0 Å². The zero-order valence-electron chi connectivity index (χ0n) is 8.25. The van der Waals surface area contributed by atoms with Gasteiger partial charge in [-0.15, -0.1) is 0 Å². The van der Waals surface area contributed by atoms with E-state index in [2.05, 4.69) is 0 Å². The molecule has 0 radical (unpaired) electrons. The first kappa shape index (κ1) is 11.9. The largest absolute Gasteiger partial charge is 0.394 e. The zero-order chi connectivity index (χ0) is 9.40. The molecule has 3 heteroatoms. The molecule has 1 aliphatic heterocycles. The number of hydrogen-bond donors (Lipinski definition) is 1. The summed E-state index contributed by atoms with van der Waals surface area (Å²) >= 11 is 0. The quantitative estimate of drug-likeness (QED) is 0.687.